The molecule has 1 heterocycles. The number of hydrogen-bond acceptors (Lipinski definition) is 5. The van der Waals surface area contributed by atoms with Gasteiger partial charge in [0.1, 0.15) is 5.75 Å². The van der Waals surface area contributed by atoms with Gasteiger partial charge < -0.3 is 15.2 Å². The molecule has 1 saturated heterocycles. The Morgan fingerprint density at radius 1 is 1.37 bits per heavy atom. The molecule has 1 amide bonds. The maximum atomic E-state index is 11.7. The first-order valence-corrected chi connectivity index (χ1v) is 6.32. The maximum absolute atomic E-state index is 11.7. The van der Waals surface area contributed by atoms with Crippen LogP contribution in [0.5, 0.6) is 5.75 Å². The molecule has 3 N–H and O–H groups in total. The van der Waals surface area contributed by atoms with Crippen LogP contribution in [0.1, 0.15) is 5.56 Å². The van der Waals surface area contributed by atoms with Crippen LogP contribution in [0.3, 0.4) is 0 Å². The fraction of sp³-hybridized carbons (Fsp3) is 0.462. The number of para-hydroxylation sites is 1. The van der Waals surface area contributed by atoms with Gasteiger partial charge in [-0.2, -0.15) is 0 Å². The van der Waals surface area contributed by atoms with Gasteiger partial charge in [0.25, 0.3) is 5.91 Å². The van der Waals surface area contributed by atoms with Crippen molar-refractivity contribution in [3.8, 4) is 5.75 Å². The molecule has 0 unspecified atom stereocenters. The van der Waals surface area contributed by atoms with Crippen LogP contribution >= 0.6 is 0 Å². The molecule has 6 nitrogen and oxygen atoms in total. The van der Waals surface area contributed by atoms with Crippen molar-refractivity contribution >= 4 is 5.91 Å². The third kappa shape index (κ3) is 4.20. The van der Waals surface area contributed by atoms with E-state index in [9.17, 15) is 4.79 Å². The van der Waals surface area contributed by atoms with E-state index in [0.717, 1.165) is 5.56 Å². The highest BCUT2D eigenvalue weighted by Gasteiger charge is 2.13. The molecule has 19 heavy (non-hydrogen) atoms. The molecule has 0 saturated carbocycles. The zero-order valence-electron chi connectivity index (χ0n) is 10.8. The van der Waals surface area contributed by atoms with E-state index in [1.54, 1.807) is 0 Å². The zero-order valence-corrected chi connectivity index (χ0v) is 10.8. The molecule has 2 rings (SSSR count). The molecule has 0 aromatic heterocycles. The van der Waals surface area contributed by atoms with Crippen molar-refractivity contribution in [1.29, 1.82) is 0 Å². The van der Waals surface area contributed by atoms with E-state index >= 15 is 0 Å². The minimum absolute atomic E-state index is 0.0195. The first-order valence-electron chi connectivity index (χ1n) is 6.32. The van der Waals surface area contributed by atoms with Gasteiger partial charge in [0.15, 0.2) is 6.61 Å². The van der Waals surface area contributed by atoms with Crippen LogP contribution in [0.2, 0.25) is 0 Å². The molecule has 0 bridgehead atoms. The summed E-state index contributed by atoms with van der Waals surface area (Å²) in [6.07, 6.45) is 0. The van der Waals surface area contributed by atoms with Crippen molar-refractivity contribution in [1.82, 2.24) is 10.4 Å². The molecule has 0 spiro atoms. The summed E-state index contributed by atoms with van der Waals surface area (Å²) in [5, 5.41) is 1.84. The average molecular weight is 265 g/mol. The van der Waals surface area contributed by atoms with Gasteiger partial charge in [-0.3, -0.25) is 10.2 Å². The summed E-state index contributed by atoms with van der Waals surface area (Å²) in [6, 6.07) is 7.44. The molecule has 1 aromatic rings. The molecule has 6 heteroatoms. The van der Waals surface area contributed by atoms with Crippen molar-refractivity contribution in [2.75, 3.05) is 32.9 Å². The van der Waals surface area contributed by atoms with Crippen LogP contribution in [0, 0.1) is 0 Å². The second kappa shape index (κ2) is 7.08. The van der Waals surface area contributed by atoms with Crippen LogP contribution < -0.4 is 15.9 Å². The molecular weight excluding hydrogens is 246 g/mol. The van der Waals surface area contributed by atoms with Crippen molar-refractivity contribution in [2.45, 2.75) is 6.54 Å². The summed E-state index contributed by atoms with van der Waals surface area (Å²) < 4.78 is 10.7. The Labute approximate surface area is 112 Å². The Balaban J connectivity index is 1.79. The summed E-state index contributed by atoms with van der Waals surface area (Å²) >= 11 is 0. The second-order valence-electron chi connectivity index (χ2n) is 4.23. The second-order valence-corrected chi connectivity index (χ2v) is 4.23. The number of ether oxygens (including phenoxy) is 2. The van der Waals surface area contributed by atoms with Crippen LogP contribution in [0.15, 0.2) is 24.3 Å². The van der Waals surface area contributed by atoms with E-state index in [1.807, 2.05) is 29.3 Å². The highest BCUT2D eigenvalue weighted by molar-refractivity contribution is 5.77. The number of rotatable bonds is 5. The summed E-state index contributed by atoms with van der Waals surface area (Å²) in [5.74, 6) is 0.482. The number of morpholine rings is 1. The Hall–Kier alpha value is -1.63. The summed E-state index contributed by atoms with van der Waals surface area (Å²) in [7, 11) is 0. The van der Waals surface area contributed by atoms with E-state index < -0.39 is 0 Å². The van der Waals surface area contributed by atoms with Gasteiger partial charge in [-0.15, -0.1) is 0 Å². The van der Waals surface area contributed by atoms with Gasteiger partial charge >= 0.3 is 0 Å². The maximum Gasteiger partial charge on any atom is 0.272 e. The van der Waals surface area contributed by atoms with E-state index in [-0.39, 0.29) is 12.5 Å². The number of nitrogens with two attached hydrogens (primary N) is 1. The van der Waals surface area contributed by atoms with Crippen molar-refractivity contribution in [2.24, 2.45) is 5.73 Å². The average Bonchev–Trinajstić information content (AvgIpc) is 2.46. The minimum Gasteiger partial charge on any atom is -0.483 e. The molecule has 104 valence electrons. The highest BCUT2D eigenvalue weighted by atomic mass is 16.5. The van der Waals surface area contributed by atoms with Crippen molar-refractivity contribution < 1.29 is 14.3 Å². The lowest BCUT2D eigenvalue weighted by atomic mass is 10.2. The fourth-order valence-electron chi connectivity index (χ4n) is 1.84. The van der Waals surface area contributed by atoms with Gasteiger partial charge in [0, 0.05) is 25.2 Å². The van der Waals surface area contributed by atoms with Crippen LogP contribution in [-0.4, -0.2) is 43.8 Å². The van der Waals surface area contributed by atoms with Crippen LogP contribution in [-0.2, 0) is 16.1 Å². The number of hydrazine groups is 1. The predicted octanol–water partition coefficient (Wildman–Crippen LogP) is -0.113. The molecule has 1 aromatic carbocycles. The number of carbonyl (C=O) groups is 1. The van der Waals surface area contributed by atoms with Gasteiger partial charge in [0.2, 0.25) is 0 Å². The largest absolute Gasteiger partial charge is 0.483 e. The zero-order chi connectivity index (χ0) is 13.5. The number of nitrogens with one attached hydrogen (secondary N) is 1. The van der Waals surface area contributed by atoms with E-state index in [4.69, 9.17) is 15.2 Å². The van der Waals surface area contributed by atoms with E-state index in [2.05, 4.69) is 5.43 Å². The van der Waals surface area contributed by atoms with E-state index in [1.165, 1.54) is 0 Å². The topological polar surface area (TPSA) is 76.8 Å². The predicted molar refractivity (Wildman–Crippen MR) is 70.4 cm³/mol. The van der Waals surface area contributed by atoms with E-state index in [0.29, 0.717) is 38.6 Å². The summed E-state index contributed by atoms with van der Waals surface area (Å²) in [6.45, 7) is 3.04. The monoisotopic (exact) mass is 265 g/mol. The lowest BCUT2D eigenvalue weighted by Crippen LogP contribution is -2.49. The Bertz CT molecular complexity index is 419. The lowest BCUT2D eigenvalue weighted by molar-refractivity contribution is -0.130. The van der Waals surface area contributed by atoms with Crippen LogP contribution in [0.25, 0.3) is 0 Å². The SMILES string of the molecule is NCc1ccccc1OCC(=O)NN1CCOCC1. The first kappa shape index (κ1) is 13.8. The quantitative estimate of drug-likeness (QED) is 0.776. The number of nitrogens with zero attached hydrogens (tertiary/aromatic N) is 1. The number of benzene rings is 1. The third-order valence-corrected chi connectivity index (χ3v) is 2.85. The molecule has 0 aliphatic carbocycles. The van der Waals surface area contributed by atoms with Gasteiger partial charge in [-0.1, -0.05) is 18.2 Å². The molecule has 1 fully saturated rings. The summed E-state index contributed by atoms with van der Waals surface area (Å²) in [5.41, 5.74) is 9.28. The van der Waals surface area contributed by atoms with Crippen LogP contribution in [0.4, 0.5) is 0 Å². The Morgan fingerprint density at radius 3 is 2.84 bits per heavy atom. The standard InChI is InChI=1S/C13H19N3O3/c14-9-11-3-1-2-4-12(11)19-10-13(17)15-16-5-7-18-8-6-16/h1-4H,5-10,14H2,(H,15,17). The van der Waals surface area contributed by atoms with Gasteiger partial charge in [-0.05, 0) is 6.07 Å². The Morgan fingerprint density at radius 2 is 2.11 bits per heavy atom. The lowest BCUT2D eigenvalue weighted by Gasteiger charge is -2.26. The third-order valence-electron chi connectivity index (χ3n) is 2.85. The highest BCUT2D eigenvalue weighted by Crippen LogP contribution is 2.16. The Kier molecular flexibility index (Phi) is 5.14. The molecule has 0 radical (unpaired) electrons. The number of carbonyl (C=O) groups excluding carboxylic acids is 1. The minimum atomic E-state index is -0.172. The smallest absolute Gasteiger partial charge is 0.272 e. The summed E-state index contributed by atoms with van der Waals surface area (Å²) in [4.78, 5) is 11.7. The molecule has 1 aliphatic heterocycles. The normalized spacial score (nSPS) is 16.1. The fourth-order valence-corrected chi connectivity index (χ4v) is 1.84. The molecule has 1 aliphatic rings. The number of hydrogen-bond donors (Lipinski definition) is 2. The molecule has 0 atom stereocenters. The van der Waals surface area contributed by atoms with Gasteiger partial charge in [0.05, 0.1) is 13.2 Å². The molecular formula is C13H19N3O3. The number of amides is 1. The van der Waals surface area contributed by atoms with Crippen molar-refractivity contribution in [3.63, 3.8) is 0 Å². The van der Waals surface area contributed by atoms with Crippen molar-refractivity contribution in [3.05, 3.63) is 29.8 Å². The van der Waals surface area contributed by atoms with Gasteiger partial charge in [-0.25, -0.2) is 5.01 Å². The first-order chi connectivity index (χ1) is 9.29.